The lowest BCUT2D eigenvalue weighted by molar-refractivity contribution is 0.0660. The first-order valence-corrected chi connectivity index (χ1v) is 8.75. The van der Waals surface area contributed by atoms with Crippen LogP contribution in [-0.2, 0) is 0 Å². The van der Waals surface area contributed by atoms with E-state index in [0.717, 1.165) is 43.1 Å². The van der Waals surface area contributed by atoms with Gasteiger partial charge in [-0.25, -0.2) is 4.68 Å². The number of aromatic nitrogens is 2. The van der Waals surface area contributed by atoms with Crippen LogP contribution < -0.4 is 10.5 Å². The van der Waals surface area contributed by atoms with Gasteiger partial charge in [-0.3, -0.25) is 4.79 Å². The third-order valence-electron chi connectivity index (χ3n) is 5.04. The average Bonchev–Trinajstić information content (AvgIpc) is 3.02. The van der Waals surface area contributed by atoms with E-state index < -0.39 is 0 Å². The van der Waals surface area contributed by atoms with Gasteiger partial charge in [0.2, 0.25) is 0 Å². The van der Waals surface area contributed by atoms with Crippen LogP contribution in [0.4, 0.5) is 0 Å². The molecule has 2 unspecified atom stereocenters. The molecule has 0 bridgehead atoms. The number of methoxy groups -OCH3 is 1. The molecule has 1 saturated heterocycles. The third kappa shape index (κ3) is 3.39. The Morgan fingerprint density at radius 3 is 2.88 bits per heavy atom. The van der Waals surface area contributed by atoms with Crippen LogP contribution in [0, 0.1) is 12.8 Å². The number of carbonyl (C=O) groups excluding carboxylic acids is 1. The summed E-state index contributed by atoms with van der Waals surface area (Å²) >= 11 is 0. The lowest BCUT2D eigenvalue weighted by Crippen LogP contribution is -2.45. The third-order valence-corrected chi connectivity index (χ3v) is 5.04. The molecule has 6 heteroatoms. The van der Waals surface area contributed by atoms with Gasteiger partial charge in [0.15, 0.2) is 0 Å². The normalized spacial score (nSPS) is 18.9. The second kappa shape index (κ2) is 7.27. The number of benzene rings is 1. The van der Waals surface area contributed by atoms with Crippen LogP contribution in [0.3, 0.4) is 0 Å². The summed E-state index contributed by atoms with van der Waals surface area (Å²) in [5.74, 6) is 1.12. The number of hydrogen-bond acceptors (Lipinski definition) is 4. The van der Waals surface area contributed by atoms with E-state index in [9.17, 15) is 4.79 Å². The largest absolute Gasteiger partial charge is 0.494 e. The van der Waals surface area contributed by atoms with Crippen molar-refractivity contribution in [3.8, 4) is 11.4 Å². The number of likely N-dealkylation sites (tertiary alicyclic amines) is 1. The summed E-state index contributed by atoms with van der Waals surface area (Å²) in [6.07, 6.45) is 3.73. The fourth-order valence-corrected chi connectivity index (χ4v) is 3.46. The van der Waals surface area contributed by atoms with E-state index in [0.29, 0.717) is 11.5 Å². The summed E-state index contributed by atoms with van der Waals surface area (Å²) in [6, 6.07) is 7.76. The summed E-state index contributed by atoms with van der Waals surface area (Å²) in [5, 5.41) is 4.43. The Morgan fingerprint density at radius 2 is 2.16 bits per heavy atom. The Bertz CT molecular complexity index is 754. The van der Waals surface area contributed by atoms with Crippen molar-refractivity contribution in [3.63, 3.8) is 0 Å². The predicted octanol–water partition coefficient (Wildman–Crippen LogP) is 2.39. The number of amides is 1. The predicted molar refractivity (Wildman–Crippen MR) is 97.1 cm³/mol. The minimum atomic E-state index is 0.0315. The molecule has 1 aromatic heterocycles. The molecule has 1 aromatic carbocycles. The van der Waals surface area contributed by atoms with E-state index in [2.05, 4.69) is 5.10 Å². The second-order valence-corrected chi connectivity index (χ2v) is 6.74. The Kier molecular flexibility index (Phi) is 5.08. The zero-order valence-electron chi connectivity index (χ0n) is 15.1. The van der Waals surface area contributed by atoms with E-state index in [1.165, 1.54) is 0 Å². The number of nitrogens with zero attached hydrogens (tertiary/aromatic N) is 3. The lowest BCUT2D eigenvalue weighted by Gasteiger charge is -2.34. The van der Waals surface area contributed by atoms with Gasteiger partial charge in [-0.15, -0.1) is 0 Å². The summed E-state index contributed by atoms with van der Waals surface area (Å²) in [7, 11) is 1.63. The first kappa shape index (κ1) is 17.5. The maximum Gasteiger partial charge on any atom is 0.257 e. The van der Waals surface area contributed by atoms with E-state index in [-0.39, 0.29) is 11.9 Å². The molecule has 1 amide bonds. The molecule has 1 aliphatic rings. The minimum absolute atomic E-state index is 0.0315. The van der Waals surface area contributed by atoms with E-state index in [1.54, 1.807) is 18.0 Å². The van der Waals surface area contributed by atoms with Crippen LogP contribution in [0.15, 0.2) is 30.5 Å². The summed E-state index contributed by atoms with van der Waals surface area (Å²) in [4.78, 5) is 14.9. The molecule has 0 radical (unpaired) electrons. The summed E-state index contributed by atoms with van der Waals surface area (Å²) in [5.41, 5.74) is 8.32. The van der Waals surface area contributed by atoms with Crippen LogP contribution in [0.1, 0.15) is 35.8 Å². The molecule has 2 heterocycles. The van der Waals surface area contributed by atoms with Gasteiger partial charge in [0, 0.05) is 19.1 Å². The van der Waals surface area contributed by atoms with Gasteiger partial charge in [0.1, 0.15) is 11.4 Å². The van der Waals surface area contributed by atoms with Crippen molar-refractivity contribution in [1.82, 2.24) is 14.7 Å². The fourth-order valence-electron chi connectivity index (χ4n) is 3.46. The van der Waals surface area contributed by atoms with Crippen molar-refractivity contribution in [3.05, 3.63) is 41.7 Å². The highest BCUT2D eigenvalue weighted by Crippen LogP contribution is 2.26. The molecule has 0 aliphatic carbocycles. The molecular weight excluding hydrogens is 316 g/mol. The van der Waals surface area contributed by atoms with Crippen LogP contribution in [-0.4, -0.2) is 46.8 Å². The van der Waals surface area contributed by atoms with E-state index in [1.807, 2.05) is 43.0 Å². The van der Waals surface area contributed by atoms with E-state index >= 15 is 0 Å². The van der Waals surface area contributed by atoms with Crippen molar-refractivity contribution >= 4 is 5.91 Å². The molecule has 2 atom stereocenters. The minimum Gasteiger partial charge on any atom is -0.494 e. The number of piperidine rings is 1. The first-order valence-electron chi connectivity index (χ1n) is 8.75. The number of para-hydroxylation sites is 2. The van der Waals surface area contributed by atoms with Crippen LogP contribution >= 0.6 is 0 Å². The Morgan fingerprint density at radius 1 is 1.40 bits per heavy atom. The van der Waals surface area contributed by atoms with Crippen LogP contribution in [0.2, 0.25) is 0 Å². The summed E-state index contributed by atoms with van der Waals surface area (Å²) in [6.45, 7) is 5.43. The Hall–Kier alpha value is -2.34. The second-order valence-electron chi connectivity index (χ2n) is 6.74. The summed E-state index contributed by atoms with van der Waals surface area (Å²) < 4.78 is 7.17. The average molecular weight is 342 g/mol. The molecule has 6 nitrogen and oxygen atoms in total. The number of ether oxygens (including phenoxy) is 1. The highest BCUT2D eigenvalue weighted by molar-refractivity contribution is 5.95. The van der Waals surface area contributed by atoms with Crippen molar-refractivity contribution in [2.24, 2.45) is 11.7 Å². The molecule has 2 aromatic rings. The van der Waals surface area contributed by atoms with Gasteiger partial charge >= 0.3 is 0 Å². The molecule has 25 heavy (non-hydrogen) atoms. The molecule has 0 spiro atoms. The zero-order chi connectivity index (χ0) is 18.0. The first-order chi connectivity index (χ1) is 12.0. The van der Waals surface area contributed by atoms with Crippen molar-refractivity contribution in [2.45, 2.75) is 32.7 Å². The lowest BCUT2D eigenvalue weighted by atomic mass is 9.92. The molecular formula is C19H26N4O2. The highest BCUT2D eigenvalue weighted by Gasteiger charge is 2.28. The highest BCUT2D eigenvalue weighted by atomic mass is 16.5. The number of carbonyl (C=O) groups is 1. The van der Waals surface area contributed by atoms with Crippen LogP contribution in [0.5, 0.6) is 5.75 Å². The zero-order valence-corrected chi connectivity index (χ0v) is 15.1. The molecule has 0 saturated carbocycles. The Balaban J connectivity index is 1.87. The standard InChI is InChI=1S/C19H26N4O2/c1-13(20)15-7-6-10-22(12-15)19(24)16-11-21-23(14(16)2)17-8-4-5-9-18(17)25-3/h4-5,8-9,11,13,15H,6-7,10,12,20H2,1-3H3. The molecule has 2 N–H and O–H groups in total. The molecule has 1 fully saturated rings. The maximum absolute atomic E-state index is 13.0. The van der Waals surface area contributed by atoms with Crippen molar-refractivity contribution in [1.29, 1.82) is 0 Å². The van der Waals surface area contributed by atoms with Crippen molar-refractivity contribution in [2.75, 3.05) is 20.2 Å². The number of nitrogens with two attached hydrogens (primary N) is 1. The molecule has 1 aliphatic heterocycles. The maximum atomic E-state index is 13.0. The monoisotopic (exact) mass is 342 g/mol. The van der Waals surface area contributed by atoms with Crippen LogP contribution in [0.25, 0.3) is 5.69 Å². The van der Waals surface area contributed by atoms with Gasteiger partial charge in [-0.05, 0) is 44.7 Å². The quantitative estimate of drug-likeness (QED) is 0.926. The molecule has 3 rings (SSSR count). The van der Waals surface area contributed by atoms with Gasteiger partial charge in [-0.2, -0.15) is 5.10 Å². The molecule has 134 valence electrons. The van der Waals surface area contributed by atoms with Crippen molar-refractivity contribution < 1.29 is 9.53 Å². The topological polar surface area (TPSA) is 73.4 Å². The van der Waals surface area contributed by atoms with Gasteiger partial charge in [-0.1, -0.05) is 12.1 Å². The number of rotatable bonds is 4. The number of hydrogen-bond donors (Lipinski definition) is 1. The fraction of sp³-hybridized carbons (Fsp3) is 0.474. The smallest absolute Gasteiger partial charge is 0.257 e. The van der Waals surface area contributed by atoms with Gasteiger partial charge in [0.05, 0.1) is 24.6 Å². The van der Waals surface area contributed by atoms with E-state index in [4.69, 9.17) is 10.5 Å². The van der Waals surface area contributed by atoms with Gasteiger partial charge < -0.3 is 15.4 Å². The SMILES string of the molecule is COc1ccccc1-n1ncc(C(=O)N2CCCC(C(C)N)C2)c1C. The Labute approximate surface area is 148 Å². The van der Waals surface area contributed by atoms with Gasteiger partial charge in [0.25, 0.3) is 5.91 Å².